The van der Waals surface area contributed by atoms with Crippen molar-refractivity contribution in [1.29, 1.82) is 0 Å². The van der Waals surface area contributed by atoms with E-state index < -0.39 is 12.1 Å². The number of aromatic nitrogens is 1. The molecule has 0 amide bonds. The van der Waals surface area contributed by atoms with Crippen molar-refractivity contribution in [1.82, 2.24) is 4.98 Å². The van der Waals surface area contributed by atoms with Gasteiger partial charge >= 0.3 is 6.36 Å². The Kier molecular flexibility index (Phi) is 2.26. The number of hydrogen-bond donors (Lipinski definition) is 1. The maximum Gasteiger partial charge on any atom is 0.573 e. The van der Waals surface area contributed by atoms with Crippen LogP contribution in [0.3, 0.4) is 0 Å². The number of aromatic amines is 1. The highest BCUT2D eigenvalue weighted by molar-refractivity contribution is 6.33. The lowest BCUT2D eigenvalue weighted by Gasteiger charge is -2.11. The van der Waals surface area contributed by atoms with Crippen LogP contribution in [0, 0.1) is 0 Å². The first-order valence-corrected chi connectivity index (χ1v) is 4.36. The van der Waals surface area contributed by atoms with E-state index in [1.807, 2.05) is 0 Å². The minimum absolute atomic E-state index is 0.0812. The smallest absolute Gasteiger partial charge is 0.402 e. The fourth-order valence-corrected chi connectivity index (χ4v) is 1.49. The standard InChI is InChI=1S/C9H5ClF3NO/c10-6-2-1-5-3-4-14-7(5)8(6)15-9(11,12)13/h1-4,14H. The molecule has 0 bridgehead atoms. The van der Waals surface area contributed by atoms with E-state index in [0.717, 1.165) is 0 Å². The monoisotopic (exact) mass is 235 g/mol. The normalized spacial score (nSPS) is 12.0. The molecule has 2 aromatic rings. The summed E-state index contributed by atoms with van der Waals surface area (Å²) in [7, 11) is 0. The number of rotatable bonds is 1. The van der Waals surface area contributed by atoms with Gasteiger partial charge in [-0.25, -0.2) is 0 Å². The third-order valence-electron chi connectivity index (χ3n) is 1.85. The van der Waals surface area contributed by atoms with E-state index >= 15 is 0 Å². The molecule has 1 aromatic carbocycles. The highest BCUT2D eigenvalue weighted by Crippen LogP contribution is 2.36. The van der Waals surface area contributed by atoms with Crippen LogP contribution in [0.1, 0.15) is 0 Å². The van der Waals surface area contributed by atoms with Crippen molar-refractivity contribution in [2.45, 2.75) is 6.36 Å². The van der Waals surface area contributed by atoms with Crippen LogP contribution in [0.25, 0.3) is 10.9 Å². The molecule has 1 aromatic heterocycles. The van der Waals surface area contributed by atoms with Crippen molar-refractivity contribution in [3.63, 3.8) is 0 Å². The van der Waals surface area contributed by atoms with Crippen molar-refractivity contribution < 1.29 is 17.9 Å². The number of ether oxygens (including phenoxy) is 1. The summed E-state index contributed by atoms with van der Waals surface area (Å²) in [6, 6.07) is 4.60. The van der Waals surface area contributed by atoms with Gasteiger partial charge in [0.05, 0.1) is 10.5 Å². The largest absolute Gasteiger partial charge is 0.573 e. The molecule has 0 fully saturated rings. The van der Waals surface area contributed by atoms with Gasteiger partial charge in [-0.05, 0) is 12.1 Å². The summed E-state index contributed by atoms with van der Waals surface area (Å²) in [6.45, 7) is 0. The van der Waals surface area contributed by atoms with E-state index in [9.17, 15) is 13.2 Å². The number of fused-ring (bicyclic) bond motifs is 1. The Morgan fingerprint density at radius 1 is 1.20 bits per heavy atom. The van der Waals surface area contributed by atoms with Gasteiger partial charge in [-0.15, -0.1) is 13.2 Å². The Morgan fingerprint density at radius 3 is 2.60 bits per heavy atom. The van der Waals surface area contributed by atoms with Crippen LogP contribution in [-0.4, -0.2) is 11.3 Å². The molecule has 1 N–H and O–H groups in total. The summed E-state index contributed by atoms with van der Waals surface area (Å²) < 4.78 is 40.0. The third kappa shape index (κ3) is 2.02. The van der Waals surface area contributed by atoms with Crippen LogP contribution in [0.5, 0.6) is 5.75 Å². The van der Waals surface area contributed by atoms with Crippen molar-refractivity contribution in [2.75, 3.05) is 0 Å². The number of H-pyrrole nitrogens is 1. The van der Waals surface area contributed by atoms with Crippen LogP contribution in [-0.2, 0) is 0 Å². The van der Waals surface area contributed by atoms with E-state index in [0.29, 0.717) is 5.39 Å². The zero-order valence-electron chi connectivity index (χ0n) is 7.23. The maximum atomic E-state index is 12.1. The van der Waals surface area contributed by atoms with Crippen LogP contribution in [0.15, 0.2) is 24.4 Å². The summed E-state index contributed by atoms with van der Waals surface area (Å²) in [6.07, 6.45) is -3.23. The van der Waals surface area contributed by atoms with E-state index in [1.54, 1.807) is 12.1 Å². The second-order valence-corrected chi connectivity index (χ2v) is 3.27. The molecule has 0 aliphatic rings. The molecule has 6 heteroatoms. The van der Waals surface area contributed by atoms with E-state index in [1.165, 1.54) is 12.3 Å². The number of hydrogen-bond acceptors (Lipinski definition) is 1. The molecule has 1 heterocycles. The minimum Gasteiger partial charge on any atom is -0.402 e. The number of alkyl halides is 3. The SMILES string of the molecule is FC(F)(F)Oc1c(Cl)ccc2cc[nH]c12. The summed E-state index contributed by atoms with van der Waals surface area (Å²) in [5.74, 6) is -0.397. The van der Waals surface area contributed by atoms with Crippen molar-refractivity contribution in [3.8, 4) is 5.75 Å². The van der Waals surface area contributed by atoms with Crippen molar-refractivity contribution in [2.24, 2.45) is 0 Å². The number of halogens is 4. The second kappa shape index (κ2) is 3.34. The maximum absolute atomic E-state index is 12.1. The first-order valence-electron chi connectivity index (χ1n) is 3.99. The summed E-state index contributed by atoms with van der Waals surface area (Å²) in [5.41, 5.74) is 0.236. The van der Waals surface area contributed by atoms with Crippen LogP contribution in [0.2, 0.25) is 5.02 Å². The Labute approximate surface area is 87.6 Å². The Hall–Kier alpha value is -1.36. The van der Waals surface area contributed by atoms with Gasteiger partial charge in [-0.3, -0.25) is 0 Å². The average molecular weight is 236 g/mol. The van der Waals surface area contributed by atoms with Gasteiger partial charge in [0.2, 0.25) is 0 Å². The van der Waals surface area contributed by atoms with Crippen LogP contribution in [0.4, 0.5) is 13.2 Å². The molecule has 0 aliphatic carbocycles. The lowest BCUT2D eigenvalue weighted by atomic mass is 10.2. The van der Waals surface area contributed by atoms with Crippen molar-refractivity contribution in [3.05, 3.63) is 29.4 Å². The zero-order chi connectivity index (χ0) is 11.1. The lowest BCUT2D eigenvalue weighted by molar-refractivity contribution is -0.274. The number of nitrogens with one attached hydrogen (secondary N) is 1. The van der Waals surface area contributed by atoms with Gasteiger partial charge in [0.25, 0.3) is 0 Å². The molecule has 2 nitrogen and oxygen atoms in total. The second-order valence-electron chi connectivity index (χ2n) is 2.87. The van der Waals surface area contributed by atoms with E-state index in [-0.39, 0.29) is 10.5 Å². The molecule has 0 saturated heterocycles. The van der Waals surface area contributed by atoms with Crippen LogP contribution >= 0.6 is 11.6 Å². The first-order chi connectivity index (χ1) is 6.97. The molecular weight excluding hydrogens is 231 g/mol. The lowest BCUT2D eigenvalue weighted by Crippen LogP contribution is -2.17. The van der Waals surface area contributed by atoms with E-state index in [2.05, 4.69) is 9.72 Å². The van der Waals surface area contributed by atoms with Gasteiger partial charge in [-0.2, -0.15) is 0 Å². The Morgan fingerprint density at radius 2 is 1.93 bits per heavy atom. The predicted octanol–water partition coefficient (Wildman–Crippen LogP) is 3.72. The predicted molar refractivity (Wildman–Crippen MR) is 50.0 cm³/mol. The Balaban J connectivity index is 2.56. The fraction of sp³-hybridized carbons (Fsp3) is 0.111. The Bertz CT molecular complexity index is 492. The van der Waals surface area contributed by atoms with Gasteiger partial charge < -0.3 is 9.72 Å². The molecule has 2 rings (SSSR count). The van der Waals surface area contributed by atoms with Crippen LogP contribution < -0.4 is 4.74 Å². The summed E-state index contributed by atoms with van der Waals surface area (Å²) in [5, 5.41) is 0.529. The molecule has 0 atom stereocenters. The quantitative estimate of drug-likeness (QED) is 0.801. The van der Waals surface area contributed by atoms with Gasteiger partial charge in [-0.1, -0.05) is 17.7 Å². The topological polar surface area (TPSA) is 25.0 Å². The highest BCUT2D eigenvalue weighted by Gasteiger charge is 2.33. The van der Waals surface area contributed by atoms with Gasteiger partial charge in [0, 0.05) is 11.6 Å². The van der Waals surface area contributed by atoms with Gasteiger partial charge in [0.15, 0.2) is 5.75 Å². The number of benzene rings is 1. The molecule has 0 unspecified atom stereocenters. The summed E-state index contributed by atoms with van der Waals surface area (Å²) in [4.78, 5) is 2.64. The van der Waals surface area contributed by atoms with Crippen molar-refractivity contribution >= 4 is 22.5 Å². The summed E-state index contributed by atoms with van der Waals surface area (Å²) >= 11 is 5.62. The zero-order valence-corrected chi connectivity index (χ0v) is 7.99. The highest BCUT2D eigenvalue weighted by atomic mass is 35.5. The third-order valence-corrected chi connectivity index (χ3v) is 2.15. The van der Waals surface area contributed by atoms with Gasteiger partial charge in [0.1, 0.15) is 0 Å². The first kappa shape index (κ1) is 10.2. The molecule has 0 aliphatic heterocycles. The minimum atomic E-state index is -4.75. The molecule has 0 saturated carbocycles. The molecule has 0 spiro atoms. The molecule has 0 radical (unpaired) electrons. The molecule has 15 heavy (non-hydrogen) atoms. The molecular formula is C9H5ClF3NO. The molecule has 80 valence electrons. The fourth-order valence-electron chi connectivity index (χ4n) is 1.29. The van der Waals surface area contributed by atoms with E-state index in [4.69, 9.17) is 11.6 Å². The average Bonchev–Trinajstić information content (AvgIpc) is 2.56.